The van der Waals surface area contributed by atoms with Crippen LogP contribution >= 0.6 is 0 Å². The predicted octanol–water partition coefficient (Wildman–Crippen LogP) is 3.85. The second-order valence-corrected chi connectivity index (χ2v) is 5.64. The monoisotopic (exact) mass is 224 g/mol. The van der Waals surface area contributed by atoms with Crippen molar-refractivity contribution in [3.8, 4) is 0 Å². The Morgan fingerprint density at radius 1 is 0.812 bits per heavy atom. The lowest BCUT2D eigenvalue weighted by atomic mass is 9.81. The highest BCUT2D eigenvalue weighted by Gasteiger charge is 2.39. The second kappa shape index (κ2) is 5.70. The van der Waals surface area contributed by atoms with Gasteiger partial charge in [-0.3, -0.25) is 4.79 Å². The van der Waals surface area contributed by atoms with E-state index in [-0.39, 0.29) is 5.92 Å². The van der Waals surface area contributed by atoms with Gasteiger partial charge in [0.25, 0.3) is 0 Å². The lowest BCUT2D eigenvalue weighted by Crippen LogP contribution is -2.22. The Kier molecular flexibility index (Phi) is 4.25. The van der Waals surface area contributed by atoms with Crippen molar-refractivity contribution in [2.75, 3.05) is 0 Å². The van der Waals surface area contributed by atoms with E-state index in [0.717, 1.165) is 12.3 Å². The third-order valence-corrected chi connectivity index (χ3v) is 4.65. The first kappa shape index (κ1) is 11.9. The average molecular weight is 224 g/mol. The Morgan fingerprint density at radius 3 is 2.12 bits per heavy atom. The van der Waals surface area contributed by atoms with Crippen molar-refractivity contribution in [1.82, 2.24) is 0 Å². The molecule has 92 valence electrons. The number of aliphatic carboxylic acids is 1. The van der Waals surface area contributed by atoms with E-state index in [1.807, 2.05) is 0 Å². The molecule has 0 heterocycles. The molecule has 0 aromatic rings. The van der Waals surface area contributed by atoms with Crippen LogP contribution < -0.4 is 0 Å². The molecule has 0 radical (unpaired) electrons. The molecule has 0 bridgehead atoms. The van der Waals surface area contributed by atoms with Crippen LogP contribution in [0.5, 0.6) is 0 Å². The van der Waals surface area contributed by atoms with Gasteiger partial charge in [0.2, 0.25) is 0 Å². The van der Waals surface area contributed by atoms with Crippen LogP contribution in [-0.2, 0) is 4.79 Å². The summed E-state index contributed by atoms with van der Waals surface area (Å²) in [7, 11) is 0. The van der Waals surface area contributed by atoms with Gasteiger partial charge in [0, 0.05) is 0 Å². The van der Waals surface area contributed by atoms with Crippen LogP contribution in [0.15, 0.2) is 0 Å². The van der Waals surface area contributed by atoms with Crippen LogP contribution in [-0.4, -0.2) is 11.1 Å². The summed E-state index contributed by atoms with van der Waals surface area (Å²) >= 11 is 0. The molecule has 2 nitrogen and oxygen atoms in total. The normalized spacial score (nSPS) is 36.6. The third-order valence-electron chi connectivity index (χ3n) is 4.65. The SMILES string of the molecule is O=C(O)C1CCC2CCCCCCCCC21. The summed E-state index contributed by atoms with van der Waals surface area (Å²) < 4.78 is 0. The highest BCUT2D eigenvalue weighted by Crippen LogP contribution is 2.43. The minimum absolute atomic E-state index is 0.0237. The molecule has 16 heavy (non-hydrogen) atoms. The Bertz CT molecular complexity index is 237. The second-order valence-electron chi connectivity index (χ2n) is 5.64. The van der Waals surface area contributed by atoms with Crippen molar-refractivity contribution in [3.63, 3.8) is 0 Å². The number of hydrogen-bond acceptors (Lipinski definition) is 1. The van der Waals surface area contributed by atoms with E-state index in [0.29, 0.717) is 5.92 Å². The lowest BCUT2D eigenvalue weighted by Gasteiger charge is -2.24. The number of carboxylic acids is 1. The average Bonchev–Trinajstić information content (AvgIpc) is 2.67. The lowest BCUT2D eigenvalue weighted by molar-refractivity contribution is -0.143. The van der Waals surface area contributed by atoms with E-state index >= 15 is 0 Å². The molecule has 3 unspecified atom stereocenters. The molecule has 0 amide bonds. The number of hydrogen-bond donors (Lipinski definition) is 1. The number of carbonyl (C=O) groups is 1. The van der Waals surface area contributed by atoms with E-state index in [2.05, 4.69) is 0 Å². The first-order valence-electron chi connectivity index (χ1n) is 7.02. The summed E-state index contributed by atoms with van der Waals surface area (Å²) in [4.78, 5) is 11.2. The van der Waals surface area contributed by atoms with Crippen LogP contribution in [0.4, 0.5) is 0 Å². The fourth-order valence-corrected chi connectivity index (χ4v) is 3.75. The summed E-state index contributed by atoms with van der Waals surface area (Å²) in [6, 6.07) is 0. The predicted molar refractivity (Wildman–Crippen MR) is 64.3 cm³/mol. The molecule has 2 rings (SSSR count). The Hall–Kier alpha value is -0.530. The van der Waals surface area contributed by atoms with Crippen molar-refractivity contribution in [2.24, 2.45) is 17.8 Å². The van der Waals surface area contributed by atoms with E-state index < -0.39 is 5.97 Å². The number of rotatable bonds is 1. The number of fused-ring (bicyclic) bond motifs is 1. The van der Waals surface area contributed by atoms with Gasteiger partial charge >= 0.3 is 5.97 Å². The highest BCUT2D eigenvalue weighted by atomic mass is 16.4. The van der Waals surface area contributed by atoms with Crippen molar-refractivity contribution in [1.29, 1.82) is 0 Å². The summed E-state index contributed by atoms with van der Waals surface area (Å²) in [6.45, 7) is 0. The zero-order chi connectivity index (χ0) is 11.4. The standard InChI is InChI=1S/C14H24O2/c15-14(16)13-10-9-11-7-5-3-1-2-4-6-8-12(11)13/h11-13H,1-10H2,(H,15,16). The molecule has 2 aliphatic carbocycles. The van der Waals surface area contributed by atoms with Gasteiger partial charge in [-0.25, -0.2) is 0 Å². The minimum Gasteiger partial charge on any atom is -0.481 e. The van der Waals surface area contributed by atoms with Crippen LogP contribution in [0.2, 0.25) is 0 Å². The Labute approximate surface area is 98.4 Å². The molecule has 0 saturated heterocycles. The largest absolute Gasteiger partial charge is 0.481 e. The first-order valence-corrected chi connectivity index (χ1v) is 7.02. The molecule has 2 saturated carbocycles. The van der Waals surface area contributed by atoms with Crippen LogP contribution in [0.3, 0.4) is 0 Å². The van der Waals surface area contributed by atoms with Crippen molar-refractivity contribution < 1.29 is 9.90 Å². The van der Waals surface area contributed by atoms with Crippen LogP contribution in [0.25, 0.3) is 0 Å². The summed E-state index contributed by atoms with van der Waals surface area (Å²) in [5, 5.41) is 9.24. The van der Waals surface area contributed by atoms with Crippen molar-refractivity contribution in [2.45, 2.75) is 64.2 Å². The van der Waals surface area contributed by atoms with Crippen LogP contribution in [0, 0.1) is 17.8 Å². The van der Waals surface area contributed by atoms with E-state index in [1.54, 1.807) is 0 Å². The Balaban J connectivity index is 1.97. The first-order chi connectivity index (χ1) is 7.79. The molecule has 2 heteroatoms. The molecule has 0 aromatic carbocycles. The van der Waals surface area contributed by atoms with Gasteiger partial charge in [-0.15, -0.1) is 0 Å². The van der Waals surface area contributed by atoms with Gasteiger partial charge in [0.15, 0.2) is 0 Å². The number of carboxylic acid groups (broad SMARTS) is 1. The third kappa shape index (κ3) is 2.78. The minimum atomic E-state index is -0.537. The molecule has 0 aliphatic heterocycles. The van der Waals surface area contributed by atoms with Gasteiger partial charge in [0.05, 0.1) is 5.92 Å². The maximum atomic E-state index is 11.2. The maximum absolute atomic E-state index is 11.2. The van der Waals surface area contributed by atoms with E-state index in [1.165, 1.54) is 57.8 Å². The summed E-state index contributed by atoms with van der Waals surface area (Å²) in [5.41, 5.74) is 0. The molecule has 0 aromatic heterocycles. The zero-order valence-electron chi connectivity index (χ0n) is 10.2. The molecular formula is C14H24O2. The Morgan fingerprint density at radius 2 is 1.44 bits per heavy atom. The van der Waals surface area contributed by atoms with E-state index in [9.17, 15) is 9.90 Å². The van der Waals surface area contributed by atoms with Gasteiger partial charge in [0.1, 0.15) is 0 Å². The quantitative estimate of drug-likeness (QED) is 0.734. The summed E-state index contributed by atoms with van der Waals surface area (Å²) in [6.07, 6.45) is 12.6. The van der Waals surface area contributed by atoms with Gasteiger partial charge < -0.3 is 5.11 Å². The van der Waals surface area contributed by atoms with Gasteiger partial charge in [-0.2, -0.15) is 0 Å². The fraction of sp³-hybridized carbons (Fsp3) is 0.929. The molecule has 0 spiro atoms. The van der Waals surface area contributed by atoms with Crippen LogP contribution in [0.1, 0.15) is 64.2 Å². The highest BCUT2D eigenvalue weighted by molar-refractivity contribution is 5.70. The maximum Gasteiger partial charge on any atom is 0.306 e. The molecule has 2 fully saturated rings. The molecular weight excluding hydrogens is 200 g/mol. The molecule has 1 N–H and O–H groups in total. The van der Waals surface area contributed by atoms with E-state index in [4.69, 9.17) is 0 Å². The molecule has 2 aliphatic rings. The van der Waals surface area contributed by atoms with Crippen molar-refractivity contribution in [3.05, 3.63) is 0 Å². The smallest absolute Gasteiger partial charge is 0.306 e. The van der Waals surface area contributed by atoms with Gasteiger partial charge in [-0.05, 0) is 31.1 Å². The fourth-order valence-electron chi connectivity index (χ4n) is 3.75. The zero-order valence-corrected chi connectivity index (χ0v) is 10.2. The van der Waals surface area contributed by atoms with Gasteiger partial charge in [-0.1, -0.05) is 44.9 Å². The van der Waals surface area contributed by atoms with Crippen molar-refractivity contribution >= 4 is 5.97 Å². The topological polar surface area (TPSA) is 37.3 Å². The molecule has 3 atom stereocenters. The summed E-state index contributed by atoms with van der Waals surface area (Å²) in [5.74, 6) is 0.656.